The summed E-state index contributed by atoms with van der Waals surface area (Å²) in [5.41, 5.74) is -5.83. The van der Waals surface area contributed by atoms with Crippen LogP contribution in [0.1, 0.15) is 6.92 Å². The van der Waals surface area contributed by atoms with Gasteiger partial charge in [0, 0.05) is 0 Å². The molecule has 0 fully saturated rings. The standard InChI is InChI=1S/C5H8ClF3O2/c1-4(11,2-10)5(8,9)3(6)7/h3,10-11H,2H2,1H3. The van der Waals surface area contributed by atoms with Crippen molar-refractivity contribution in [2.24, 2.45) is 0 Å². The quantitative estimate of drug-likeness (QED) is 0.653. The highest BCUT2D eigenvalue weighted by Crippen LogP contribution is 2.35. The maximum absolute atomic E-state index is 12.4. The molecule has 0 rings (SSSR count). The molecule has 6 heteroatoms. The summed E-state index contributed by atoms with van der Waals surface area (Å²) in [6, 6.07) is 0. The third kappa shape index (κ3) is 1.98. The second-order valence-electron chi connectivity index (χ2n) is 2.36. The monoisotopic (exact) mass is 192 g/mol. The number of rotatable bonds is 3. The Morgan fingerprint density at radius 3 is 2.00 bits per heavy atom. The summed E-state index contributed by atoms with van der Waals surface area (Å²) in [7, 11) is 0. The number of alkyl halides is 4. The predicted octanol–water partition coefficient (Wildman–Crippen LogP) is 0.899. The van der Waals surface area contributed by atoms with Crippen LogP contribution in [-0.2, 0) is 0 Å². The molecule has 0 radical (unpaired) electrons. The van der Waals surface area contributed by atoms with Crippen LogP contribution in [0.15, 0.2) is 0 Å². The molecule has 68 valence electrons. The van der Waals surface area contributed by atoms with Crippen LogP contribution in [0.4, 0.5) is 13.2 Å². The molecular formula is C5H8ClF3O2. The van der Waals surface area contributed by atoms with Crippen molar-refractivity contribution < 1.29 is 23.4 Å². The van der Waals surface area contributed by atoms with Crippen molar-refractivity contribution in [3.05, 3.63) is 0 Å². The van der Waals surface area contributed by atoms with Gasteiger partial charge < -0.3 is 10.2 Å². The summed E-state index contributed by atoms with van der Waals surface area (Å²) < 4.78 is 36.7. The lowest BCUT2D eigenvalue weighted by Gasteiger charge is -2.30. The van der Waals surface area contributed by atoms with E-state index >= 15 is 0 Å². The van der Waals surface area contributed by atoms with Gasteiger partial charge in [0.25, 0.3) is 0 Å². The Kier molecular flexibility index (Phi) is 3.16. The van der Waals surface area contributed by atoms with E-state index in [1.165, 1.54) is 0 Å². The summed E-state index contributed by atoms with van der Waals surface area (Å²) in [5.74, 6) is -4.15. The normalized spacial score (nSPS) is 21.0. The summed E-state index contributed by atoms with van der Waals surface area (Å²) >= 11 is 4.44. The first-order valence-corrected chi connectivity index (χ1v) is 3.18. The lowest BCUT2D eigenvalue weighted by molar-refractivity contribution is -0.204. The van der Waals surface area contributed by atoms with E-state index in [0.29, 0.717) is 6.92 Å². The number of aliphatic hydroxyl groups excluding tert-OH is 1. The highest BCUT2D eigenvalue weighted by atomic mass is 35.5. The second kappa shape index (κ2) is 3.16. The van der Waals surface area contributed by atoms with E-state index in [1.54, 1.807) is 0 Å². The first-order chi connectivity index (χ1) is 4.75. The summed E-state index contributed by atoms with van der Waals surface area (Å²) in [6.07, 6.45) is 0. The molecular weight excluding hydrogens is 184 g/mol. The number of hydrogen-bond donors (Lipinski definition) is 2. The maximum atomic E-state index is 12.4. The largest absolute Gasteiger partial charge is 0.393 e. The van der Waals surface area contributed by atoms with Crippen LogP contribution in [0.2, 0.25) is 0 Å². The highest BCUT2D eigenvalue weighted by Gasteiger charge is 2.54. The molecule has 0 amide bonds. The van der Waals surface area contributed by atoms with Crippen molar-refractivity contribution in [3.8, 4) is 0 Å². The molecule has 0 aromatic heterocycles. The molecule has 0 bridgehead atoms. The van der Waals surface area contributed by atoms with Crippen molar-refractivity contribution in [2.45, 2.75) is 24.1 Å². The Bertz CT molecular complexity index is 138. The number of aliphatic hydroxyl groups is 2. The van der Waals surface area contributed by atoms with E-state index < -0.39 is 23.8 Å². The van der Waals surface area contributed by atoms with Gasteiger partial charge >= 0.3 is 5.92 Å². The maximum Gasteiger partial charge on any atom is 0.322 e. The third-order valence-electron chi connectivity index (χ3n) is 1.30. The smallest absolute Gasteiger partial charge is 0.322 e. The minimum Gasteiger partial charge on any atom is -0.393 e. The van der Waals surface area contributed by atoms with Crippen molar-refractivity contribution in [2.75, 3.05) is 6.61 Å². The first-order valence-electron chi connectivity index (χ1n) is 2.75. The van der Waals surface area contributed by atoms with Gasteiger partial charge in [-0.3, -0.25) is 0 Å². The molecule has 0 aromatic rings. The molecule has 11 heavy (non-hydrogen) atoms. The zero-order valence-corrected chi connectivity index (χ0v) is 6.45. The molecule has 0 spiro atoms. The predicted molar refractivity (Wildman–Crippen MR) is 33.4 cm³/mol. The van der Waals surface area contributed by atoms with E-state index in [4.69, 9.17) is 10.2 Å². The van der Waals surface area contributed by atoms with Gasteiger partial charge in [-0.1, -0.05) is 11.6 Å². The number of hydrogen-bond acceptors (Lipinski definition) is 2. The summed E-state index contributed by atoms with van der Waals surface area (Å²) in [4.78, 5) is 0. The van der Waals surface area contributed by atoms with Gasteiger partial charge in [0.2, 0.25) is 5.63 Å². The van der Waals surface area contributed by atoms with E-state index in [-0.39, 0.29) is 0 Å². The van der Waals surface area contributed by atoms with Gasteiger partial charge in [-0.05, 0) is 6.92 Å². The van der Waals surface area contributed by atoms with Gasteiger partial charge in [-0.15, -0.1) is 0 Å². The fraction of sp³-hybridized carbons (Fsp3) is 1.00. The Morgan fingerprint density at radius 1 is 1.55 bits per heavy atom. The molecule has 0 aliphatic rings. The fourth-order valence-corrected chi connectivity index (χ4v) is 0.576. The van der Waals surface area contributed by atoms with Gasteiger partial charge in [0.15, 0.2) is 5.60 Å². The van der Waals surface area contributed by atoms with Crippen LogP contribution in [0.25, 0.3) is 0 Å². The SMILES string of the molecule is CC(O)(CO)C(F)(F)C(F)Cl. The van der Waals surface area contributed by atoms with E-state index in [9.17, 15) is 13.2 Å². The average Bonchev–Trinajstić information content (AvgIpc) is 1.87. The molecule has 2 unspecified atom stereocenters. The lowest BCUT2D eigenvalue weighted by Crippen LogP contribution is -2.52. The van der Waals surface area contributed by atoms with Crippen molar-refractivity contribution in [1.82, 2.24) is 0 Å². The molecule has 0 aliphatic carbocycles. The number of halogens is 4. The minimum absolute atomic E-state index is 0.599. The first kappa shape index (κ1) is 11.0. The van der Waals surface area contributed by atoms with Crippen LogP contribution in [0, 0.1) is 0 Å². The second-order valence-corrected chi connectivity index (χ2v) is 2.74. The molecule has 0 heterocycles. The third-order valence-corrected chi connectivity index (χ3v) is 1.57. The van der Waals surface area contributed by atoms with Gasteiger partial charge in [0.1, 0.15) is 0 Å². The minimum atomic E-state index is -4.15. The van der Waals surface area contributed by atoms with E-state index in [2.05, 4.69) is 11.6 Å². The molecule has 0 saturated heterocycles. The van der Waals surface area contributed by atoms with E-state index in [1.807, 2.05) is 0 Å². The molecule has 0 aromatic carbocycles. The average molecular weight is 193 g/mol. The van der Waals surface area contributed by atoms with Gasteiger partial charge in [-0.25, -0.2) is 4.39 Å². The summed E-state index contributed by atoms with van der Waals surface area (Å²) in [6.45, 7) is -0.658. The summed E-state index contributed by atoms with van der Waals surface area (Å²) in [5, 5.41) is 16.9. The Hall–Kier alpha value is -0.0000000000000000555. The molecule has 0 aliphatic heterocycles. The van der Waals surface area contributed by atoms with Gasteiger partial charge in [0.05, 0.1) is 6.61 Å². The molecule has 2 nitrogen and oxygen atoms in total. The Morgan fingerprint density at radius 2 is 1.91 bits per heavy atom. The Labute approximate surface area is 66.6 Å². The molecule has 2 N–H and O–H groups in total. The van der Waals surface area contributed by atoms with E-state index in [0.717, 1.165) is 0 Å². The Balaban J connectivity index is 4.53. The molecule has 0 saturated carbocycles. The van der Waals surface area contributed by atoms with Crippen molar-refractivity contribution in [1.29, 1.82) is 0 Å². The van der Waals surface area contributed by atoms with Crippen molar-refractivity contribution in [3.63, 3.8) is 0 Å². The highest BCUT2D eigenvalue weighted by molar-refractivity contribution is 6.20. The van der Waals surface area contributed by atoms with Crippen LogP contribution >= 0.6 is 11.6 Å². The van der Waals surface area contributed by atoms with Crippen LogP contribution < -0.4 is 0 Å². The van der Waals surface area contributed by atoms with Crippen LogP contribution in [0.5, 0.6) is 0 Å². The molecule has 2 atom stereocenters. The zero-order valence-electron chi connectivity index (χ0n) is 5.69. The van der Waals surface area contributed by atoms with Crippen LogP contribution in [0.3, 0.4) is 0 Å². The van der Waals surface area contributed by atoms with Gasteiger partial charge in [-0.2, -0.15) is 8.78 Å². The zero-order chi connectivity index (χ0) is 9.28. The lowest BCUT2D eigenvalue weighted by atomic mass is 10.0. The van der Waals surface area contributed by atoms with Crippen LogP contribution in [-0.4, -0.2) is 34.0 Å². The van der Waals surface area contributed by atoms with Crippen molar-refractivity contribution >= 4 is 11.6 Å². The topological polar surface area (TPSA) is 40.5 Å². The fourth-order valence-electron chi connectivity index (χ4n) is 0.340.